The summed E-state index contributed by atoms with van der Waals surface area (Å²) >= 11 is 12.6. The third-order valence-corrected chi connectivity index (χ3v) is 5.40. The summed E-state index contributed by atoms with van der Waals surface area (Å²) in [6.45, 7) is 1.62. The van der Waals surface area contributed by atoms with Gasteiger partial charge in [-0.2, -0.15) is 5.10 Å². The number of hydrazone groups is 1. The minimum Gasteiger partial charge on any atom is -0.481 e. The fourth-order valence-electron chi connectivity index (χ4n) is 2.49. The van der Waals surface area contributed by atoms with Crippen molar-refractivity contribution < 1.29 is 19.1 Å². The highest BCUT2D eigenvalue weighted by atomic mass is 79.9. The number of rotatable bonds is 7. The number of nitrogens with zero attached hydrogens (tertiary/aromatic N) is 1. The third-order valence-electron chi connectivity index (χ3n) is 4.13. The predicted molar refractivity (Wildman–Crippen MR) is 131 cm³/mol. The van der Waals surface area contributed by atoms with E-state index in [1.165, 1.54) is 6.21 Å². The second kappa shape index (κ2) is 11.3. The molecule has 0 aliphatic rings. The van der Waals surface area contributed by atoms with Crippen molar-refractivity contribution in [1.29, 1.82) is 0 Å². The zero-order valence-corrected chi connectivity index (χ0v) is 20.6. The molecule has 0 aromatic heterocycles. The van der Waals surface area contributed by atoms with Gasteiger partial charge in [-0.25, -0.2) is 10.2 Å². The van der Waals surface area contributed by atoms with Crippen molar-refractivity contribution in [1.82, 2.24) is 5.43 Å². The molecular formula is C23H17Br2ClN2O4. The lowest BCUT2D eigenvalue weighted by atomic mass is 10.2. The van der Waals surface area contributed by atoms with Crippen molar-refractivity contribution >= 4 is 61.6 Å². The van der Waals surface area contributed by atoms with Crippen LogP contribution in [0.5, 0.6) is 11.5 Å². The van der Waals surface area contributed by atoms with Crippen molar-refractivity contribution in [2.24, 2.45) is 5.10 Å². The molecule has 1 unspecified atom stereocenters. The molecule has 1 N–H and O–H groups in total. The number of hydrogen-bond donors (Lipinski definition) is 1. The quantitative estimate of drug-likeness (QED) is 0.161. The lowest BCUT2D eigenvalue weighted by molar-refractivity contribution is -0.127. The Bertz CT molecular complexity index is 1140. The van der Waals surface area contributed by atoms with Crippen LogP contribution in [0.15, 0.2) is 80.8 Å². The minimum absolute atomic E-state index is 0.283. The van der Waals surface area contributed by atoms with Crippen molar-refractivity contribution in [2.75, 3.05) is 0 Å². The van der Waals surface area contributed by atoms with E-state index in [-0.39, 0.29) is 5.75 Å². The highest BCUT2D eigenvalue weighted by molar-refractivity contribution is 9.10. The Labute approximate surface area is 206 Å². The fourth-order valence-corrected chi connectivity index (χ4v) is 3.25. The summed E-state index contributed by atoms with van der Waals surface area (Å²) < 4.78 is 12.7. The molecule has 0 heterocycles. The molecule has 32 heavy (non-hydrogen) atoms. The van der Waals surface area contributed by atoms with Crippen LogP contribution in [0.1, 0.15) is 22.8 Å². The van der Waals surface area contributed by atoms with Gasteiger partial charge in [0.05, 0.1) is 11.8 Å². The van der Waals surface area contributed by atoms with Crippen LogP contribution in [0, 0.1) is 0 Å². The monoisotopic (exact) mass is 578 g/mol. The molecule has 0 spiro atoms. The molecule has 9 heteroatoms. The molecule has 6 nitrogen and oxygen atoms in total. The van der Waals surface area contributed by atoms with Crippen LogP contribution >= 0.6 is 43.5 Å². The fraction of sp³-hybridized carbons (Fsp3) is 0.0870. The van der Waals surface area contributed by atoms with E-state index < -0.39 is 18.0 Å². The van der Waals surface area contributed by atoms with E-state index in [9.17, 15) is 9.59 Å². The van der Waals surface area contributed by atoms with Gasteiger partial charge in [0, 0.05) is 19.5 Å². The Morgan fingerprint density at radius 2 is 1.66 bits per heavy atom. The Hall–Kier alpha value is -2.68. The lowest BCUT2D eigenvalue weighted by Gasteiger charge is -2.13. The molecule has 1 atom stereocenters. The van der Waals surface area contributed by atoms with Gasteiger partial charge in [-0.15, -0.1) is 0 Å². The standard InChI is InChI=1S/C23H17Br2ClN2O4/c1-14(31-20-9-4-17(24)5-10-20)22(29)28-27-13-16-12-18(25)6-11-21(16)32-23(30)15-2-7-19(26)8-3-15/h2-14H,1H3,(H,28,29)/b27-13+. The van der Waals surface area contributed by atoms with Gasteiger partial charge in [0.1, 0.15) is 11.5 Å². The van der Waals surface area contributed by atoms with Crippen LogP contribution in [0.3, 0.4) is 0 Å². The van der Waals surface area contributed by atoms with E-state index in [0.717, 1.165) is 8.95 Å². The van der Waals surface area contributed by atoms with Gasteiger partial charge in [-0.1, -0.05) is 43.5 Å². The molecule has 0 radical (unpaired) electrons. The van der Waals surface area contributed by atoms with Gasteiger partial charge >= 0.3 is 5.97 Å². The van der Waals surface area contributed by atoms with Gasteiger partial charge in [-0.3, -0.25) is 4.79 Å². The van der Waals surface area contributed by atoms with Gasteiger partial charge in [0.15, 0.2) is 6.10 Å². The Balaban J connectivity index is 1.65. The summed E-state index contributed by atoms with van der Waals surface area (Å²) in [5.41, 5.74) is 3.27. The molecular weight excluding hydrogens is 564 g/mol. The first kappa shape index (κ1) is 24.0. The lowest BCUT2D eigenvalue weighted by Crippen LogP contribution is -2.33. The van der Waals surface area contributed by atoms with Crippen LogP contribution < -0.4 is 14.9 Å². The summed E-state index contributed by atoms with van der Waals surface area (Å²) in [6.07, 6.45) is 0.623. The number of carbonyl (C=O) groups excluding carboxylic acids is 2. The number of halogens is 3. The molecule has 0 aliphatic heterocycles. The maximum atomic E-state index is 12.4. The number of esters is 1. The van der Waals surface area contributed by atoms with Gasteiger partial charge in [-0.05, 0) is 73.7 Å². The van der Waals surface area contributed by atoms with E-state index in [1.54, 1.807) is 61.5 Å². The summed E-state index contributed by atoms with van der Waals surface area (Å²) in [7, 11) is 0. The number of hydrogen-bond acceptors (Lipinski definition) is 5. The van der Waals surface area contributed by atoms with Crippen LogP contribution in [0.25, 0.3) is 0 Å². The Kier molecular flexibility index (Phi) is 8.44. The summed E-state index contributed by atoms with van der Waals surface area (Å²) in [5.74, 6) is -0.133. The van der Waals surface area contributed by atoms with Crippen molar-refractivity contribution in [3.63, 3.8) is 0 Å². The SMILES string of the molecule is CC(Oc1ccc(Br)cc1)C(=O)N/N=C/c1cc(Br)ccc1OC(=O)c1ccc(Cl)cc1. The number of benzene rings is 3. The first-order valence-electron chi connectivity index (χ1n) is 9.34. The highest BCUT2D eigenvalue weighted by Crippen LogP contribution is 2.23. The van der Waals surface area contributed by atoms with Gasteiger partial charge < -0.3 is 9.47 Å². The average molecular weight is 581 g/mol. The first-order valence-corrected chi connectivity index (χ1v) is 11.3. The average Bonchev–Trinajstić information content (AvgIpc) is 2.77. The zero-order valence-electron chi connectivity index (χ0n) is 16.7. The van der Waals surface area contributed by atoms with Gasteiger partial charge in [0.25, 0.3) is 5.91 Å². The Morgan fingerprint density at radius 3 is 2.34 bits per heavy atom. The first-order chi connectivity index (χ1) is 15.3. The van der Waals surface area contributed by atoms with E-state index in [1.807, 2.05) is 12.1 Å². The smallest absolute Gasteiger partial charge is 0.343 e. The normalized spacial score (nSPS) is 11.8. The molecule has 0 saturated heterocycles. The topological polar surface area (TPSA) is 77.0 Å². The zero-order chi connectivity index (χ0) is 23.1. The molecule has 1 amide bonds. The number of amides is 1. The summed E-state index contributed by atoms with van der Waals surface area (Å²) in [5, 5.41) is 4.49. The molecule has 0 saturated carbocycles. The number of nitrogens with one attached hydrogen (secondary N) is 1. The minimum atomic E-state index is -0.766. The molecule has 164 valence electrons. The van der Waals surface area contributed by atoms with E-state index >= 15 is 0 Å². The predicted octanol–water partition coefficient (Wildman–Crippen LogP) is 6.00. The third kappa shape index (κ3) is 6.91. The van der Waals surface area contributed by atoms with Gasteiger partial charge in [0.2, 0.25) is 0 Å². The molecule has 3 aromatic rings. The number of ether oxygens (including phenoxy) is 2. The van der Waals surface area contributed by atoms with E-state index in [2.05, 4.69) is 42.4 Å². The highest BCUT2D eigenvalue weighted by Gasteiger charge is 2.15. The van der Waals surface area contributed by atoms with E-state index in [0.29, 0.717) is 21.9 Å². The maximum absolute atomic E-state index is 12.4. The van der Waals surface area contributed by atoms with Crippen LogP contribution in [-0.4, -0.2) is 24.2 Å². The summed E-state index contributed by atoms with van der Waals surface area (Å²) in [6, 6.07) is 18.6. The van der Waals surface area contributed by atoms with Crippen LogP contribution in [-0.2, 0) is 4.79 Å². The van der Waals surface area contributed by atoms with Crippen LogP contribution in [0.2, 0.25) is 5.02 Å². The largest absolute Gasteiger partial charge is 0.481 e. The maximum Gasteiger partial charge on any atom is 0.343 e. The second-order valence-corrected chi connectivity index (χ2v) is 8.79. The molecule has 0 fully saturated rings. The second-order valence-electron chi connectivity index (χ2n) is 6.53. The molecule has 3 rings (SSSR count). The van der Waals surface area contributed by atoms with Crippen molar-refractivity contribution in [2.45, 2.75) is 13.0 Å². The van der Waals surface area contributed by atoms with Crippen molar-refractivity contribution in [3.05, 3.63) is 91.8 Å². The summed E-state index contributed by atoms with van der Waals surface area (Å²) in [4.78, 5) is 24.7. The Morgan fingerprint density at radius 1 is 1.00 bits per heavy atom. The van der Waals surface area contributed by atoms with Crippen LogP contribution in [0.4, 0.5) is 0 Å². The molecule has 3 aromatic carbocycles. The molecule has 0 bridgehead atoms. The molecule has 0 aliphatic carbocycles. The number of carbonyl (C=O) groups is 2. The van der Waals surface area contributed by atoms with E-state index in [4.69, 9.17) is 21.1 Å². The van der Waals surface area contributed by atoms with Crippen molar-refractivity contribution in [3.8, 4) is 11.5 Å².